The van der Waals surface area contributed by atoms with Crippen LogP contribution in [0, 0.1) is 0 Å². The van der Waals surface area contributed by atoms with Crippen LogP contribution in [0.3, 0.4) is 0 Å². The summed E-state index contributed by atoms with van der Waals surface area (Å²) in [5.41, 5.74) is 1.77. The maximum absolute atomic E-state index is 11.4. The smallest absolute Gasteiger partial charge is 0.351 e. The van der Waals surface area contributed by atoms with E-state index in [1.807, 2.05) is 24.5 Å². The highest BCUT2D eigenvalue weighted by atomic mass is 35.5. The largest absolute Gasteiger partial charge is 0.391 e. The first-order chi connectivity index (χ1) is 15.4. The molecule has 3 unspecified atom stereocenters. The Morgan fingerprint density at radius 2 is 2.03 bits per heavy atom. The predicted molar refractivity (Wildman–Crippen MR) is 127 cm³/mol. The van der Waals surface area contributed by atoms with Crippen molar-refractivity contribution in [1.29, 1.82) is 0 Å². The van der Waals surface area contributed by atoms with Gasteiger partial charge in [-0.1, -0.05) is 17.7 Å². The van der Waals surface area contributed by atoms with Crippen LogP contribution in [0.1, 0.15) is 26.8 Å². The van der Waals surface area contributed by atoms with Crippen molar-refractivity contribution in [3.8, 4) is 0 Å². The molecule has 33 heavy (non-hydrogen) atoms. The van der Waals surface area contributed by atoms with Gasteiger partial charge in [0.1, 0.15) is 8.46 Å². The second-order valence-electron chi connectivity index (χ2n) is 7.63. The van der Waals surface area contributed by atoms with Gasteiger partial charge in [0.25, 0.3) is 0 Å². The summed E-state index contributed by atoms with van der Waals surface area (Å²) in [5.74, 6) is 0.590. The highest BCUT2D eigenvalue weighted by Crippen LogP contribution is 2.55. The number of ether oxygens (including phenoxy) is 1. The van der Waals surface area contributed by atoms with Crippen molar-refractivity contribution in [3.05, 3.63) is 35.6 Å². The quantitative estimate of drug-likeness (QED) is 0.197. The van der Waals surface area contributed by atoms with E-state index in [4.69, 9.17) is 16.3 Å². The fourth-order valence-electron chi connectivity index (χ4n) is 2.85. The maximum atomic E-state index is 11.4. The number of aliphatic hydroxyl groups is 1. The number of imidazole rings is 1. The molecule has 0 amide bonds. The van der Waals surface area contributed by atoms with E-state index in [2.05, 4.69) is 25.6 Å². The molecule has 2 heterocycles. The van der Waals surface area contributed by atoms with Crippen LogP contribution in [0.25, 0.3) is 11.2 Å². The number of fused-ring (bicyclic) bond motifs is 1. The van der Waals surface area contributed by atoms with Crippen molar-refractivity contribution < 1.29 is 28.8 Å². The Kier molecular flexibility index (Phi) is 7.80. The van der Waals surface area contributed by atoms with Crippen LogP contribution < -0.4 is 10.6 Å². The highest BCUT2D eigenvalue weighted by molar-refractivity contribution is 7.62. The molecular formula is C18H25ClN6O6P2. The van der Waals surface area contributed by atoms with Crippen molar-refractivity contribution in [3.63, 3.8) is 0 Å². The monoisotopic (exact) mass is 518 g/mol. The zero-order chi connectivity index (χ0) is 24.4. The summed E-state index contributed by atoms with van der Waals surface area (Å²) in [6.45, 7) is 5.20. The Balaban J connectivity index is 1.90. The standard InChI is InChI=1S/C18H25ClN6O6P2/c1-10(2)25-9-20-14-15(22-13-6-4-5-12(19)7-13)23-17(24-16(14)25)21-11(3)8-31-18(26,32-27)33(28,29)30/h4-7,9-11,26H,8,32H2,1-3H3,(H2,28,29,30)(H2,21,22,23,24). The molecule has 12 nitrogen and oxygen atoms in total. The van der Waals surface area contributed by atoms with Gasteiger partial charge in [-0.05, 0) is 39.0 Å². The van der Waals surface area contributed by atoms with Crippen LogP contribution in [0.5, 0.6) is 0 Å². The third-order valence-electron chi connectivity index (χ3n) is 4.56. The second kappa shape index (κ2) is 10.1. The Labute approximate surface area is 195 Å². The predicted octanol–water partition coefficient (Wildman–Crippen LogP) is 3.16. The molecule has 1 aromatic carbocycles. The fourth-order valence-corrected chi connectivity index (χ4v) is 3.99. The van der Waals surface area contributed by atoms with Crippen molar-refractivity contribution in [2.75, 3.05) is 17.2 Å². The average Bonchev–Trinajstić information content (AvgIpc) is 3.16. The topological polar surface area (TPSA) is 172 Å². The molecule has 0 saturated heterocycles. The first-order valence-electron chi connectivity index (χ1n) is 9.85. The van der Waals surface area contributed by atoms with Gasteiger partial charge >= 0.3 is 12.9 Å². The molecule has 0 aliphatic rings. The Morgan fingerprint density at radius 1 is 1.30 bits per heavy atom. The summed E-state index contributed by atoms with van der Waals surface area (Å²) >= 11 is 6.08. The lowest BCUT2D eigenvalue weighted by atomic mass is 10.3. The summed E-state index contributed by atoms with van der Waals surface area (Å²) in [4.78, 5) is 31.8. The molecule has 15 heteroatoms. The Bertz CT molecular complexity index is 1200. The van der Waals surface area contributed by atoms with Crippen molar-refractivity contribution in [2.45, 2.75) is 38.1 Å². The van der Waals surface area contributed by atoms with Crippen LogP contribution in [-0.2, 0) is 13.9 Å². The zero-order valence-electron chi connectivity index (χ0n) is 18.0. The molecule has 0 spiro atoms. The van der Waals surface area contributed by atoms with E-state index in [0.29, 0.717) is 27.7 Å². The molecule has 0 saturated carbocycles. The molecule has 2 aromatic heterocycles. The SMILES string of the molecule is CC(COC(O)([PH2]=O)P(=O)(O)O)Nc1nc(Nc2cccc(Cl)c2)c2ncn(C(C)C)c2n1. The van der Waals surface area contributed by atoms with Crippen LogP contribution in [0.2, 0.25) is 5.02 Å². The molecule has 0 aliphatic carbocycles. The van der Waals surface area contributed by atoms with E-state index in [1.54, 1.807) is 31.5 Å². The average molecular weight is 519 g/mol. The number of nitrogens with zero attached hydrogens (tertiary/aromatic N) is 4. The highest BCUT2D eigenvalue weighted by Gasteiger charge is 2.46. The van der Waals surface area contributed by atoms with E-state index in [-0.39, 0.29) is 18.6 Å². The lowest BCUT2D eigenvalue weighted by Gasteiger charge is -2.25. The lowest BCUT2D eigenvalue weighted by Crippen LogP contribution is -2.32. The van der Waals surface area contributed by atoms with Crippen LogP contribution in [0.15, 0.2) is 30.6 Å². The van der Waals surface area contributed by atoms with Gasteiger partial charge in [0, 0.05) is 22.8 Å². The maximum Gasteiger partial charge on any atom is 0.391 e. The molecule has 180 valence electrons. The van der Waals surface area contributed by atoms with Gasteiger partial charge in [0.05, 0.1) is 12.9 Å². The van der Waals surface area contributed by atoms with Gasteiger partial charge in [0.2, 0.25) is 5.95 Å². The van der Waals surface area contributed by atoms with Crippen LogP contribution in [-0.4, -0.2) is 52.3 Å². The van der Waals surface area contributed by atoms with E-state index >= 15 is 0 Å². The summed E-state index contributed by atoms with van der Waals surface area (Å²) in [5, 5.41) is 13.5. The van der Waals surface area contributed by atoms with E-state index in [0.717, 1.165) is 0 Å². The number of hydrogen-bond acceptors (Lipinski definition) is 9. The molecule has 3 atom stereocenters. The molecule has 0 radical (unpaired) electrons. The van der Waals surface area contributed by atoms with Crippen molar-refractivity contribution >= 4 is 56.3 Å². The van der Waals surface area contributed by atoms with Gasteiger partial charge in [0.15, 0.2) is 17.0 Å². The zero-order valence-corrected chi connectivity index (χ0v) is 20.8. The van der Waals surface area contributed by atoms with Gasteiger partial charge in [-0.15, -0.1) is 0 Å². The minimum atomic E-state index is -5.15. The van der Waals surface area contributed by atoms with Gasteiger partial charge in [-0.2, -0.15) is 9.97 Å². The summed E-state index contributed by atoms with van der Waals surface area (Å²) in [7, 11) is -7.46. The third kappa shape index (κ3) is 5.91. The van der Waals surface area contributed by atoms with Crippen LogP contribution in [0.4, 0.5) is 17.5 Å². The number of anilines is 3. The summed E-state index contributed by atoms with van der Waals surface area (Å²) in [6, 6.07) is 6.53. The lowest BCUT2D eigenvalue weighted by molar-refractivity contribution is -0.0893. The molecule has 3 aromatic rings. The molecule has 5 N–H and O–H groups in total. The molecule has 0 bridgehead atoms. The van der Waals surface area contributed by atoms with Crippen molar-refractivity contribution in [1.82, 2.24) is 19.5 Å². The Morgan fingerprint density at radius 3 is 2.64 bits per heavy atom. The summed E-state index contributed by atoms with van der Waals surface area (Å²) in [6.07, 6.45) is 1.65. The minimum Gasteiger partial charge on any atom is -0.351 e. The number of hydrogen-bond donors (Lipinski definition) is 5. The number of benzene rings is 1. The van der Waals surface area contributed by atoms with Crippen molar-refractivity contribution in [2.24, 2.45) is 0 Å². The molecule has 0 fully saturated rings. The van der Waals surface area contributed by atoms with Gasteiger partial charge in [-0.25, -0.2) is 4.98 Å². The first-order valence-corrected chi connectivity index (χ1v) is 12.9. The van der Waals surface area contributed by atoms with Gasteiger partial charge in [-0.3, -0.25) is 4.57 Å². The Hall–Kier alpha value is -2.04. The van der Waals surface area contributed by atoms with Gasteiger partial charge < -0.3 is 39.4 Å². The second-order valence-corrected chi connectivity index (χ2v) is 11.3. The third-order valence-corrected chi connectivity index (χ3v) is 7.56. The van der Waals surface area contributed by atoms with Crippen LogP contribution >= 0.6 is 27.7 Å². The first kappa shape index (κ1) is 25.6. The van der Waals surface area contributed by atoms with E-state index < -0.39 is 27.4 Å². The minimum absolute atomic E-state index is 0.0656. The number of rotatable bonds is 10. The van der Waals surface area contributed by atoms with E-state index in [1.165, 1.54) is 0 Å². The number of aromatic nitrogens is 4. The molecule has 3 rings (SSSR count). The summed E-state index contributed by atoms with van der Waals surface area (Å²) < 4.78 is 29.3. The number of halogens is 1. The number of nitrogens with one attached hydrogen (secondary N) is 2. The fraction of sp³-hybridized carbons (Fsp3) is 0.389. The molecular weight excluding hydrogens is 494 g/mol. The normalized spacial score (nSPS) is 15.3. The van der Waals surface area contributed by atoms with E-state index in [9.17, 15) is 24.0 Å². The molecule has 0 aliphatic heterocycles.